The molecule has 0 atom stereocenters. The maximum atomic E-state index is 5.99. The highest BCUT2D eigenvalue weighted by Gasteiger charge is 2.06. The predicted molar refractivity (Wildman–Crippen MR) is 87.0 cm³/mol. The second kappa shape index (κ2) is 7.23. The Morgan fingerprint density at radius 1 is 1.10 bits per heavy atom. The summed E-state index contributed by atoms with van der Waals surface area (Å²) in [5, 5.41) is 3.34. The highest BCUT2D eigenvalue weighted by Crippen LogP contribution is 2.25. The first-order chi connectivity index (χ1) is 10.1. The topological polar surface area (TPSA) is 34.2 Å². The molecule has 0 saturated carbocycles. The van der Waals surface area contributed by atoms with Crippen molar-refractivity contribution >= 4 is 0 Å². The van der Waals surface area contributed by atoms with Gasteiger partial charge < -0.3 is 10.1 Å². The SMILES string of the molecule is CCNCc1cc(CC)nc(Oc2ccc(C)cc2C)c1. The second-order valence-corrected chi connectivity index (χ2v) is 5.31. The summed E-state index contributed by atoms with van der Waals surface area (Å²) in [5.74, 6) is 1.55. The van der Waals surface area contributed by atoms with Crippen molar-refractivity contribution in [3.05, 3.63) is 52.7 Å². The van der Waals surface area contributed by atoms with Crippen LogP contribution < -0.4 is 10.1 Å². The first kappa shape index (κ1) is 15.5. The van der Waals surface area contributed by atoms with Crippen LogP contribution in [-0.2, 0) is 13.0 Å². The van der Waals surface area contributed by atoms with Crippen molar-refractivity contribution in [1.82, 2.24) is 10.3 Å². The fraction of sp³-hybridized carbons (Fsp3) is 0.389. The zero-order valence-electron chi connectivity index (χ0n) is 13.4. The van der Waals surface area contributed by atoms with E-state index in [9.17, 15) is 0 Å². The van der Waals surface area contributed by atoms with Gasteiger partial charge in [-0.1, -0.05) is 31.5 Å². The van der Waals surface area contributed by atoms with Gasteiger partial charge in [0.1, 0.15) is 5.75 Å². The minimum absolute atomic E-state index is 0.675. The maximum Gasteiger partial charge on any atom is 0.219 e. The first-order valence-corrected chi connectivity index (χ1v) is 7.58. The number of aromatic nitrogens is 1. The summed E-state index contributed by atoms with van der Waals surface area (Å²) in [6.07, 6.45) is 0.906. The average molecular weight is 284 g/mol. The molecule has 3 nitrogen and oxygen atoms in total. The third-order valence-electron chi connectivity index (χ3n) is 3.40. The Morgan fingerprint density at radius 2 is 1.90 bits per heavy atom. The summed E-state index contributed by atoms with van der Waals surface area (Å²) in [4.78, 5) is 4.57. The quantitative estimate of drug-likeness (QED) is 0.864. The van der Waals surface area contributed by atoms with Gasteiger partial charge in [-0.05, 0) is 50.1 Å². The summed E-state index contributed by atoms with van der Waals surface area (Å²) in [7, 11) is 0. The van der Waals surface area contributed by atoms with Crippen molar-refractivity contribution in [2.75, 3.05) is 6.54 Å². The fourth-order valence-corrected chi connectivity index (χ4v) is 2.25. The largest absolute Gasteiger partial charge is 0.439 e. The molecule has 0 saturated heterocycles. The summed E-state index contributed by atoms with van der Waals surface area (Å²) < 4.78 is 5.99. The van der Waals surface area contributed by atoms with Gasteiger partial charge in [0.2, 0.25) is 5.88 Å². The molecule has 0 spiro atoms. The zero-order valence-corrected chi connectivity index (χ0v) is 13.4. The molecule has 0 aliphatic rings. The number of pyridine rings is 1. The molecular weight excluding hydrogens is 260 g/mol. The minimum atomic E-state index is 0.675. The molecule has 0 fully saturated rings. The van der Waals surface area contributed by atoms with E-state index in [1.807, 2.05) is 12.1 Å². The van der Waals surface area contributed by atoms with Crippen molar-refractivity contribution in [1.29, 1.82) is 0 Å². The summed E-state index contributed by atoms with van der Waals surface area (Å²) >= 11 is 0. The molecule has 0 radical (unpaired) electrons. The van der Waals surface area contributed by atoms with Gasteiger partial charge in [0, 0.05) is 18.3 Å². The fourth-order valence-electron chi connectivity index (χ4n) is 2.25. The van der Waals surface area contributed by atoms with Gasteiger partial charge in [0.25, 0.3) is 0 Å². The van der Waals surface area contributed by atoms with E-state index in [1.165, 1.54) is 11.1 Å². The van der Waals surface area contributed by atoms with Crippen LogP contribution in [-0.4, -0.2) is 11.5 Å². The molecule has 3 heteroatoms. The lowest BCUT2D eigenvalue weighted by molar-refractivity contribution is 0.456. The number of benzene rings is 1. The minimum Gasteiger partial charge on any atom is -0.439 e. The van der Waals surface area contributed by atoms with Crippen molar-refractivity contribution in [2.45, 2.75) is 40.7 Å². The number of rotatable bonds is 6. The molecule has 2 aromatic rings. The van der Waals surface area contributed by atoms with Gasteiger partial charge in [-0.15, -0.1) is 0 Å². The second-order valence-electron chi connectivity index (χ2n) is 5.31. The summed E-state index contributed by atoms with van der Waals surface area (Å²) in [6.45, 7) is 10.2. The molecule has 0 unspecified atom stereocenters. The molecule has 0 amide bonds. The number of ether oxygens (including phenoxy) is 1. The van der Waals surface area contributed by atoms with E-state index >= 15 is 0 Å². The molecule has 112 valence electrons. The monoisotopic (exact) mass is 284 g/mol. The number of aryl methyl sites for hydroxylation is 3. The molecule has 0 aliphatic carbocycles. The van der Waals surface area contributed by atoms with E-state index in [4.69, 9.17) is 4.74 Å². The molecule has 21 heavy (non-hydrogen) atoms. The molecule has 0 aliphatic heterocycles. The molecule has 1 aromatic heterocycles. The van der Waals surface area contributed by atoms with Crippen molar-refractivity contribution in [3.8, 4) is 11.6 Å². The van der Waals surface area contributed by atoms with Crippen LogP contribution in [0.4, 0.5) is 0 Å². The predicted octanol–water partition coefficient (Wildman–Crippen LogP) is 4.16. The van der Waals surface area contributed by atoms with Gasteiger partial charge in [-0.25, -0.2) is 4.98 Å². The first-order valence-electron chi connectivity index (χ1n) is 7.58. The number of nitrogens with zero attached hydrogens (tertiary/aromatic N) is 1. The Balaban J connectivity index is 2.25. The van der Waals surface area contributed by atoms with E-state index in [0.29, 0.717) is 5.88 Å². The lowest BCUT2D eigenvalue weighted by Crippen LogP contribution is -2.12. The normalized spacial score (nSPS) is 10.7. The third-order valence-corrected chi connectivity index (χ3v) is 3.40. The average Bonchev–Trinajstić information content (AvgIpc) is 2.48. The van der Waals surface area contributed by atoms with E-state index in [1.54, 1.807) is 0 Å². The Kier molecular flexibility index (Phi) is 5.34. The molecule has 0 bridgehead atoms. The summed E-state index contributed by atoms with van der Waals surface area (Å²) in [6, 6.07) is 10.3. The lowest BCUT2D eigenvalue weighted by Gasteiger charge is -2.11. The van der Waals surface area contributed by atoms with E-state index in [2.05, 4.69) is 56.2 Å². The van der Waals surface area contributed by atoms with Crippen LogP contribution >= 0.6 is 0 Å². The van der Waals surface area contributed by atoms with Gasteiger partial charge in [0.15, 0.2) is 0 Å². The maximum absolute atomic E-state index is 5.99. The van der Waals surface area contributed by atoms with Crippen LogP contribution in [0.2, 0.25) is 0 Å². The van der Waals surface area contributed by atoms with Crippen molar-refractivity contribution < 1.29 is 4.74 Å². The molecule has 1 heterocycles. The Labute approximate surface area is 127 Å². The zero-order chi connectivity index (χ0) is 15.2. The third kappa shape index (κ3) is 4.30. The highest BCUT2D eigenvalue weighted by atomic mass is 16.5. The Hall–Kier alpha value is -1.87. The van der Waals surface area contributed by atoms with E-state index < -0.39 is 0 Å². The standard InChI is InChI=1S/C18H24N2O/c1-5-16-10-15(12-19-6-2)11-18(20-16)21-17-8-7-13(3)9-14(17)4/h7-11,19H,5-6,12H2,1-4H3. The van der Waals surface area contributed by atoms with Crippen molar-refractivity contribution in [3.63, 3.8) is 0 Å². The van der Waals surface area contributed by atoms with Crippen LogP contribution in [0.5, 0.6) is 11.6 Å². The van der Waals surface area contributed by atoms with Crippen LogP contribution in [0.1, 0.15) is 36.2 Å². The van der Waals surface area contributed by atoms with Gasteiger partial charge in [-0.2, -0.15) is 0 Å². The van der Waals surface area contributed by atoms with Gasteiger partial charge >= 0.3 is 0 Å². The van der Waals surface area contributed by atoms with E-state index in [-0.39, 0.29) is 0 Å². The molecular formula is C18H24N2O. The Morgan fingerprint density at radius 3 is 2.57 bits per heavy atom. The Bertz CT molecular complexity index is 608. The smallest absolute Gasteiger partial charge is 0.219 e. The summed E-state index contributed by atoms with van der Waals surface area (Å²) in [5.41, 5.74) is 4.64. The van der Waals surface area contributed by atoms with Crippen LogP contribution in [0, 0.1) is 13.8 Å². The molecule has 2 rings (SSSR count). The van der Waals surface area contributed by atoms with Gasteiger partial charge in [0.05, 0.1) is 0 Å². The van der Waals surface area contributed by atoms with Crippen LogP contribution in [0.25, 0.3) is 0 Å². The van der Waals surface area contributed by atoms with Crippen molar-refractivity contribution in [2.24, 2.45) is 0 Å². The number of hydrogen-bond acceptors (Lipinski definition) is 3. The molecule has 1 aromatic carbocycles. The van der Waals surface area contributed by atoms with Gasteiger partial charge in [-0.3, -0.25) is 0 Å². The number of hydrogen-bond donors (Lipinski definition) is 1. The number of nitrogens with one attached hydrogen (secondary N) is 1. The highest BCUT2D eigenvalue weighted by molar-refractivity contribution is 5.38. The van der Waals surface area contributed by atoms with Crippen LogP contribution in [0.15, 0.2) is 30.3 Å². The van der Waals surface area contributed by atoms with E-state index in [0.717, 1.165) is 36.5 Å². The molecule has 1 N–H and O–H groups in total. The van der Waals surface area contributed by atoms with Crippen LogP contribution in [0.3, 0.4) is 0 Å². The lowest BCUT2D eigenvalue weighted by atomic mass is 10.1.